The van der Waals surface area contributed by atoms with Gasteiger partial charge in [-0.15, -0.1) is 11.3 Å². The van der Waals surface area contributed by atoms with Crippen LogP contribution in [0.3, 0.4) is 0 Å². The zero-order valence-corrected chi connectivity index (χ0v) is 9.45. The number of thiazole rings is 1. The smallest absolute Gasteiger partial charge is 0.296 e. The van der Waals surface area contributed by atoms with Crippen LogP contribution in [-0.4, -0.2) is 26.0 Å². The number of hydrogen-bond donors (Lipinski definition) is 2. The molecular formula is C8H7N5O3S. The first-order valence-electron chi connectivity index (χ1n) is 4.49. The van der Waals surface area contributed by atoms with Crippen LogP contribution in [0.1, 0.15) is 16.2 Å². The molecule has 0 aliphatic heterocycles. The number of nitrogens with zero attached hydrogens (tertiary/aromatic N) is 3. The van der Waals surface area contributed by atoms with Gasteiger partial charge in [-0.1, -0.05) is 0 Å². The summed E-state index contributed by atoms with van der Waals surface area (Å²) in [6, 6.07) is 0. The summed E-state index contributed by atoms with van der Waals surface area (Å²) in [5, 5.41) is 20.9. The topological polar surface area (TPSA) is 114 Å². The predicted molar refractivity (Wildman–Crippen MR) is 60.0 cm³/mol. The summed E-state index contributed by atoms with van der Waals surface area (Å²) in [7, 11) is 0. The summed E-state index contributed by atoms with van der Waals surface area (Å²) in [5.41, 5.74) is 0.211. The Kier molecular flexibility index (Phi) is 2.83. The molecule has 0 spiro atoms. The summed E-state index contributed by atoms with van der Waals surface area (Å²) >= 11 is 1.24. The Morgan fingerprint density at radius 2 is 2.41 bits per heavy atom. The molecule has 1 amide bonds. The standard InChI is InChI=1S/C8H7N5O3S/c1-4-3-17-8(10-4)11-7(14)6-5(13(15)16)2-9-12-6/h2-3H,1H3,(H,9,12)(H,10,11,14). The lowest BCUT2D eigenvalue weighted by Crippen LogP contribution is -2.14. The van der Waals surface area contributed by atoms with Gasteiger partial charge in [0.05, 0.1) is 10.6 Å². The van der Waals surface area contributed by atoms with Crippen molar-refractivity contribution in [2.24, 2.45) is 0 Å². The van der Waals surface area contributed by atoms with Gasteiger partial charge in [-0.05, 0) is 6.92 Å². The van der Waals surface area contributed by atoms with Crippen LogP contribution in [0, 0.1) is 17.0 Å². The molecule has 0 saturated heterocycles. The number of nitro groups is 1. The Bertz CT molecular complexity index is 575. The Hall–Kier alpha value is -2.29. The molecule has 0 saturated carbocycles. The van der Waals surface area contributed by atoms with Crippen molar-refractivity contribution in [3.05, 3.63) is 33.1 Å². The van der Waals surface area contributed by atoms with Gasteiger partial charge >= 0.3 is 5.69 Å². The van der Waals surface area contributed by atoms with Crippen LogP contribution in [0.5, 0.6) is 0 Å². The highest BCUT2D eigenvalue weighted by molar-refractivity contribution is 7.13. The largest absolute Gasteiger partial charge is 0.319 e. The summed E-state index contributed by atoms with van der Waals surface area (Å²) in [6.07, 6.45) is 0.988. The van der Waals surface area contributed by atoms with Gasteiger partial charge in [0.25, 0.3) is 5.91 Å². The van der Waals surface area contributed by atoms with E-state index in [0.29, 0.717) is 5.13 Å². The van der Waals surface area contributed by atoms with Gasteiger partial charge < -0.3 is 0 Å². The Morgan fingerprint density at radius 1 is 1.65 bits per heavy atom. The lowest BCUT2D eigenvalue weighted by Gasteiger charge is -1.97. The molecule has 2 aromatic rings. The lowest BCUT2D eigenvalue weighted by molar-refractivity contribution is -0.385. The maximum atomic E-state index is 11.7. The fourth-order valence-corrected chi connectivity index (χ4v) is 1.84. The highest BCUT2D eigenvalue weighted by atomic mass is 32.1. The van der Waals surface area contributed by atoms with E-state index in [1.54, 1.807) is 12.3 Å². The Labute approximate surface area is 98.8 Å². The van der Waals surface area contributed by atoms with Gasteiger partial charge in [0.15, 0.2) is 5.13 Å². The van der Waals surface area contributed by atoms with Crippen LogP contribution in [0.2, 0.25) is 0 Å². The van der Waals surface area contributed by atoms with Crippen LogP contribution in [0.4, 0.5) is 10.8 Å². The molecule has 0 atom stereocenters. The first kappa shape index (κ1) is 11.2. The molecule has 0 radical (unpaired) electrons. The fourth-order valence-electron chi connectivity index (χ4n) is 1.16. The molecule has 0 aromatic carbocycles. The van der Waals surface area contributed by atoms with Crippen molar-refractivity contribution in [3.63, 3.8) is 0 Å². The molecular weight excluding hydrogens is 246 g/mol. The molecule has 8 nitrogen and oxygen atoms in total. The van der Waals surface area contributed by atoms with Crippen molar-refractivity contribution >= 4 is 28.1 Å². The number of aryl methyl sites for hydroxylation is 1. The van der Waals surface area contributed by atoms with Crippen LogP contribution < -0.4 is 5.32 Å². The number of hydrogen-bond acceptors (Lipinski definition) is 6. The molecule has 88 valence electrons. The average molecular weight is 253 g/mol. The number of aromatic amines is 1. The van der Waals surface area contributed by atoms with E-state index in [0.717, 1.165) is 11.9 Å². The average Bonchev–Trinajstić information content (AvgIpc) is 2.86. The van der Waals surface area contributed by atoms with E-state index >= 15 is 0 Å². The number of H-pyrrole nitrogens is 1. The second kappa shape index (κ2) is 4.29. The number of aromatic nitrogens is 3. The predicted octanol–water partition coefficient (Wildman–Crippen LogP) is 1.34. The molecule has 17 heavy (non-hydrogen) atoms. The second-order valence-corrected chi connectivity index (χ2v) is 3.99. The number of carbonyl (C=O) groups excluding carboxylic acids is 1. The highest BCUT2D eigenvalue weighted by Gasteiger charge is 2.23. The van der Waals surface area contributed by atoms with Crippen molar-refractivity contribution in [1.29, 1.82) is 0 Å². The maximum Gasteiger partial charge on any atom is 0.319 e. The minimum absolute atomic E-state index is 0.192. The first-order chi connectivity index (χ1) is 8.08. The molecule has 0 aliphatic rings. The first-order valence-corrected chi connectivity index (χ1v) is 5.37. The molecule has 9 heteroatoms. The lowest BCUT2D eigenvalue weighted by atomic mass is 10.3. The third-order valence-electron chi connectivity index (χ3n) is 1.88. The van der Waals surface area contributed by atoms with Crippen molar-refractivity contribution in [1.82, 2.24) is 15.2 Å². The summed E-state index contributed by atoms with van der Waals surface area (Å²) in [6.45, 7) is 1.78. The van der Waals surface area contributed by atoms with Crippen molar-refractivity contribution in [2.45, 2.75) is 6.92 Å². The summed E-state index contributed by atoms with van der Waals surface area (Å²) in [4.78, 5) is 25.6. The Morgan fingerprint density at radius 3 is 3.00 bits per heavy atom. The fraction of sp³-hybridized carbons (Fsp3) is 0.125. The number of rotatable bonds is 3. The van der Waals surface area contributed by atoms with Crippen LogP contribution in [-0.2, 0) is 0 Å². The molecule has 0 unspecified atom stereocenters. The van der Waals surface area contributed by atoms with Gasteiger partial charge in [-0.2, -0.15) is 5.10 Å². The van der Waals surface area contributed by atoms with Crippen molar-refractivity contribution in [2.75, 3.05) is 5.32 Å². The SMILES string of the molecule is Cc1csc(NC(=O)c2[nH]ncc2[N+](=O)[O-])n1. The molecule has 2 rings (SSSR count). The summed E-state index contributed by atoms with van der Waals surface area (Å²) < 4.78 is 0. The van der Waals surface area contributed by atoms with E-state index in [1.807, 2.05) is 0 Å². The number of amides is 1. The molecule has 0 aliphatic carbocycles. The van der Waals surface area contributed by atoms with E-state index in [-0.39, 0.29) is 11.4 Å². The van der Waals surface area contributed by atoms with Crippen LogP contribution >= 0.6 is 11.3 Å². The maximum absolute atomic E-state index is 11.7. The zero-order chi connectivity index (χ0) is 12.4. The quantitative estimate of drug-likeness (QED) is 0.632. The zero-order valence-electron chi connectivity index (χ0n) is 8.63. The molecule has 2 N–H and O–H groups in total. The van der Waals surface area contributed by atoms with Crippen molar-refractivity contribution < 1.29 is 9.72 Å². The third kappa shape index (κ3) is 2.28. The van der Waals surface area contributed by atoms with E-state index in [2.05, 4.69) is 20.5 Å². The van der Waals surface area contributed by atoms with Gasteiger partial charge in [0.1, 0.15) is 6.20 Å². The van der Waals surface area contributed by atoms with Crippen molar-refractivity contribution in [3.8, 4) is 0 Å². The van der Waals surface area contributed by atoms with Gasteiger partial charge in [0, 0.05) is 5.38 Å². The van der Waals surface area contributed by atoms with E-state index in [4.69, 9.17) is 0 Å². The van der Waals surface area contributed by atoms with Crippen LogP contribution in [0.25, 0.3) is 0 Å². The van der Waals surface area contributed by atoms with E-state index in [1.165, 1.54) is 11.3 Å². The monoisotopic (exact) mass is 253 g/mol. The molecule has 2 aromatic heterocycles. The van der Waals surface area contributed by atoms with Gasteiger partial charge in [-0.25, -0.2) is 4.98 Å². The molecule has 0 fully saturated rings. The minimum Gasteiger partial charge on any atom is -0.296 e. The van der Waals surface area contributed by atoms with Crippen LogP contribution in [0.15, 0.2) is 11.6 Å². The number of anilines is 1. The van der Waals surface area contributed by atoms with E-state index < -0.39 is 10.8 Å². The number of carbonyl (C=O) groups is 1. The molecule has 0 bridgehead atoms. The third-order valence-corrected chi connectivity index (χ3v) is 2.76. The number of nitrogens with one attached hydrogen (secondary N) is 2. The second-order valence-electron chi connectivity index (χ2n) is 3.14. The summed E-state index contributed by atoms with van der Waals surface area (Å²) in [5.74, 6) is -0.636. The Balaban J connectivity index is 2.20. The minimum atomic E-state index is -0.675. The molecule has 2 heterocycles. The van der Waals surface area contributed by atoms with Gasteiger partial charge in [0.2, 0.25) is 5.69 Å². The van der Waals surface area contributed by atoms with E-state index in [9.17, 15) is 14.9 Å². The van der Waals surface area contributed by atoms with Gasteiger partial charge in [-0.3, -0.25) is 25.3 Å². The highest BCUT2D eigenvalue weighted by Crippen LogP contribution is 2.19. The normalized spacial score (nSPS) is 10.2.